The molecule has 23 heavy (non-hydrogen) atoms. The van der Waals surface area contributed by atoms with Crippen LogP contribution < -0.4 is 0 Å². The normalized spacial score (nSPS) is 12.8. The lowest BCUT2D eigenvalue weighted by Crippen LogP contribution is -2.12. The Morgan fingerprint density at radius 1 is 0.652 bits per heavy atom. The molecular formula is C21H44O2. The van der Waals surface area contributed by atoms with Crippen LogP contribution in [0.5, 0.6) is 0 Å². The first-order valence-corrected chi connectivity index (χ1v) is 10.0. The van der Waals surface area contributed by atoms with Crippen molar-refractivity contribution in [3.8, 4) is 0 Å². The van der Waals surface area contributed by atoms with Crippen molar-refractivity contribution in [1.82, 2.24) is 0 Å². The Balaban J connectivity index is 3.42. The van der Waals surface area contributed by atoms with Crippen LogP contribution in [-0.2, 0) is 4.74 Å². The Labute approximate surface area is 146 Å². The predicted octanol–water partition coefficient (Wildman–Crippen LogP) is 6.36. The van der Waals surface area contributed by atoms with Crippen molar-refractivity contribution in [2.24, 2.45) is 10.8 Å². The molecule has 0 saturated carbocycles. The predicted molar refractivity (Wildman–Crippen MR) is 102 cm³/mol. The molecule has 0 aliphatic heterocycles. The van der Waals surface area contributed by atoms with E-state index in [0.29, 0.717) is 17.4 Å². The smallest absolute Gasteiger partial charge is 0.0466 e. The average Bonchev–Trinajstić information content (AvgIpc) is 2.45. The molecule has 0 fully saturated rings. The molecule has 1 N–H and O–H groups in total. The SMILES string of the molecule is CCCC(C)(C)CCCCOCCCCC(C)(C)CCCCO. The number of rotatable bonds is 16. The molecule has 0 aliphatic rings. The van der Waals surface area contributed by atoms with E-state index in [1.165, 1.54) is 57.8 Å². The highest BCUT2D eigenvalue weighted by Crippen LogP contribution is 2.30. The summed E-state index contributed by atoms with van der Waals surface area (Å²) < 4.78 is 5.79. The minimum absolute atomic E-state index is 0.333. The Morgan fingerprint density at radius 2 is 1.09 bits per heavy atom. The van der Waals surface area contributed by atoms with Crippen molar-refractivity contribution in [2.45, 2.75) is 105 Å². The molecule has 2 nitrogen and oxygen atoms in total. The fourth-order valence-corrected chi connectivity index (χ4v) is 3.36. The monoisotopic (exact) mass is 328 g/mol. The fraction of sp³-hybridized carbons (Fsp3) is 1.00. The van der Waals surface area contributed by atoms with Crippen LogP contribution in [-0.4, -0.2) is 24.9 Å². The van der Waals surface area contributed by atoms with Crippen molar-refractivity contribution in [2.75, 3.05) is 19.8 Å². The van der Waals surface area contributed by atoms with Gasteiger partial charge in [-0.15, -0.1) is 0 Å². The largest absolute Gasteiger partial charge is 0.396 e. The molecule has 0 aromatic carbocycles. The van der Waals surface area contributed by atoms with E-state index >= 15 is 0 Å². The van der Waals surface area contributed by atoms with Gasteiger partial charge in [0.05, 0.1) is 0 Å². The molecule has 0 bridgehead atoms. The van der Waals surface area contributed by atoms with E-state index in [2.05, 4.69) is 34.6 Å². The molecule has 0 saturated heterocycles. The average molecular weight is 329 g/mol. The molecule has 0 spiro atoms. The number of unbranched alkanes of at least 4 members (excludes halogenated alkanes) is 3. The van der Waals surface area contributed by atoms with Gasteiger partial charge in [-0.2, -0.15) is 0 Å². The molecule has 140 valence electrons. The lowest BCUT2D eigenvalue weighted by molar-refractivity contribution is 0.119. The first-order valence-electron chi connectivity index (χ1n) is 10.0. The summed E-state index contributed by atoms with van der Waals surface area (Å²) in [4.78, 5) is 0. The van der Waals surface area contributed by atoms with Crippen LogP contribution in [0, 0.1) is 10.8 Å². The maximum absolute atomic E-state index is 8.85. The Bertz CT molecular complexity index is 259. The van der Waals surface area contributed by atoms with Crippen molar-refractivity contribution in [3.05, 3.63) is 0 Å². The van der Waals surface area contributed by atoms with Gasteiger partial charge in [-0.1, -0.05) is 60.3 Å². The Kier molecular flexibility index (Phi) is 13.2. The zero-order valence-electron chi connectivity index (χ0n) is 16.8. The number of ether oxygens (including phenoxy) is 1. The van der Waals surface area contributed by atoms with E-state index in [4.69, 9.17) is 9.84 Å². The van der Waals surface area contributed by atoms with Gasteiger partial charge in [0.25, 0.3) is 0 Å². The first kappa shape index (κ1) is 22.9. The van der Waals surface area contributed by atoms with Gasteiger partial charge in [0.2, 0.25) is 0 Å². The van der Waals surface area contributed by atoms with Crippen LogP contribution in [0.15, 0.2) is 0 Å². The molecule has 0 aromatic rings. The third kappa shape index (κ3) is 15.2. The number of aliphatic hydroxyl groups excluding tert-OH is 1. The summed E-state index contributed by atoms with van der Waals surface area (Å²) in [7, 11) is 0. The van der Waals surface area contributed by atoms with Gasteiger partial charge in [-0.25, -0.2) is 0 Å². The molecular weight excluding hydrogens is 284 g/mol. The summed E-state index contributed by atoms with van der Waals surface area (Å²) >= 11 is 0. The fourth-order valence-electron chi connectivity index (χ4n) is 3.36. The summed E-state index contributed by atoms with van der Waals surface area (Å²) in [6.07, 6.45) is 13.5. The third-order valence-electron chi connectivity index (χ3n) is 4.97. The van der Waals surface area contributed by atoms with Crippen LogP contribution in [0.4, 0.5) is 0 Å². The highest BCUT2D eigenvalue weighted by atomic mass is 16.5. The van der Waals surface area contributed by atoms with E-state index in [1.54, 1.807) is 0 Å². The lowest BCUT2D eigenvalue weighted by atomic mass is 9.82. The van der Waals surface area contributed by atoms with Gasteiger partial charge in [-0.3, -0.25) is 0 Å². The van der Waals surface area contributed by atoms with Crippen molar-refractivity contribution in [1.29, 1.82) is 0 Å². The highest BCUT2D eigenvalue weighted by molar-refractivity contribution is 4.69. The molecule has 0 heterocycles. The standard InChI is InChI=1S/C21H44O2/c1-6-13-20(2,3)15-8-11-18-23-19-12-9-16-21(4,5)14-7-10-17-22/h22H,6-19H2,1-5H3. The van der Waals surface area contributed by atoms with E-state index in [-0.39, 0.29) is 0 Å². The van der Waals surface area contributed by atoms with E-state index in [1.807, 2.05) is 0 Å². The van der Waals surface area contributed by atoms with Crippen LogP contribution in [0.25, 0.3) is 0 Å². The van der Waals surface area contributed by atoms with E-state index < -0.39 is 0 Å². The maximum atomic E-state index is 8.85. The van der Waals surface area contributed by atoms with Crippen LogP contribution in [0.2, 0.25) is 0 Å². The zero-order chi connectivity index (χ0) is 17.6. The molecule has 0 aliphatic carbocycles. The minimum atomic E-state index is 0.333. The van der Waals surface area contributed by atoms with Gasteiger partial charge < -0.3 is 9.84 Å². The molecule has 0 radical (unpaired) electrons. The van der Waals surface area contributed by atoms with Crippen LogP contribution in [0.3, 0.4) is 0 Å². The minimum Gasteiger partial charge on any atom is -0.396 e. The first-order chi connectivity index (χ1) is 10.8. The Morgan fingerprint density at radius 3 is 1.52 bits per heavy atom. The van der Waals surface area contributed by atoms with E-state index in [9.17, 15) is 0 Å². The number of aliphatic hydroxyl groups is 1. The topological polar surface area (TPSA) is 29.5 Å². The molecule has 0 aromatic heterocycles. The summed E-state index contributed by atoms with van der Waals surface area (Å²) in [5, 5.41) is 8.85. The molecule has 0 rings (SSSR count). The second kappa shape index (κ2) is 13.2. The van der Waals surface area contributed by atoms with Gasteiger partial charge >= 0.3 is 0 Å². The van der Waals surface area contributed by atoms with Crippen LogP contribution in [0.1, 0.15) is 105 Å². The number of hydrogen-bond donors (Lipinski definition) is 1. The number of hydrogen-bond acceptors (Lipinski definition) is 2. The van der Waals surface area contributed by atoms with Crippen molar-refractivity contribution >= 4 is 0 Å². The van der Waals surface area contributed by atoms with Gasteiger partial charge in [0, 0.05) is 19.8 Å². The summed E-state index contributed by atoms with van der Waals surface area (Å²) in [5.74, 6) is 0. The maximum Gasteiger partial charge on any atom is 0.0466 e. The molecule has 0 unspecified atom stereocenters. The molecule has 2 heteroatoms. The molecule has 0 atom stereocenters. The second-order valence-corrected chi connectivity index (χ2v) is 8.79. The summed E-state index contributed by atoms with van der Waals surface area (Å²) in [6.45, 7) is 13.9. The molecule has 0 amide bonds. The third-order valence-corrected chi connectivity index (χ3v) is 4.97. The van der Waals surface area contributed by atoms with Crippen molar-refractivity contribution in [3.63, 3.8) is 0 Å². The quantitative estimate of drug-likeness (QED) is 0.334. The zero-order valence-corrected chi connectivity index (χ0v) is 16.8. The van der Waals surface area contributed by atoms with Gasteiger partial charge in [-0.05, 0) is 55.8 Å². The summed E-state index contributed by atoms with van der Waals surface area (Å²) in [5.41, 5.74) is 0.927. The summed E-state index contributed by atoms with van der Waals surface area (Å²) in [6, 6.07) is 0. The van der Waals surface area contributed by atoms with Gasteiger partial charge in [0.1, 0.15) is 0 Å². The lowest BCUT2D eigenvalue weighted by Gasteiger charge is -2.24. The highest BCUT2D eigenvalue weighted by Gasteiger charge is 2.17. The second-order valence-electron chi connectivity index (χ2n) is 8.79. The van der Waals surface area contributed by atoms with Crippen LogP contribution >= 0.6 is 0 Å². The van der Waals surface area contributed by atoms with Crippen molar-refractivity contribution < 1.29 is 9.84 Å². The van der Waals surface area contributed by atoms with Gasteiger partial charge in [0.15, 0.2) is 0 Å². The Hall–Kier alpha value is -0.0800. The van der Waals surface area contributed by atoms with E-state index in [0.717, 1.165) is 26.1 Å².